The summed E-state index contributed by atoms with van der Waals surface area (Å²) < 4.78 is 46.1. The number of amides is 1. The van der Waals surface area contributed by atoms with Crippen molar-refractivity contribution in [3.05, 3.63) is 30.5 Å². The first-order chi connectivity index (χ1) is 15.7. The third kappa shape index (κ3) is 4.17. The summed E-state index contributed by atoms with van der Waals surface area (Å²) >= 11 is 0. The van der Waals surface area contributed by atoms with E-state index in [1.165, 1.54) is 13.2 Å². The number of hydrogen-bond donors (Lipinski definition) is 1. The second kappa shape index (κ2) is 7.87. The van der Waals surface area contributed by atoms with Crippen LogP contribution in [-0.2, 0) is 11.3 Å². The number of halogens is 3. The van der Waals surface area contributed by atoms with Crippen molar-refractivity contribution in [1.29, 1.82) is 0 Å². The lowest BCUT2D eigenvalue weighted by Crippen LogP contribution is -2.43. The van der Waals surface area contributed by atoms with Gasteiger partial charge in [0.05, 0.1) is 23.8 Å². The Morgan fingerprint density at radius 1 is 1.18 bits per heavy atom. The molecule has 2 atom stereocenters. The monoisotopic (exact) mass is 462 g/mol. The van der Waals surface area contributed by atoms with Gasteiger partial charge in [0.1, 0.15) is 12.4 Å². The molecular formula is C21H21F3N6O3. The highest BCUT2D eigenvalue weighted by Crippen LogP contribution is 2.34. The van der Waals surface area contributed by atoms with Crippen LogP contribution in [0.1, 0.15) is 12.8 Å². The molecule has 5 rings (SSSR count). The Balaban J connectivity index is 1.59. The van der Waals surface area contributed by atoms with Gasteiger partial charge in [0.2, 0.25) is 0 Å². The van der Waals surface area contributed by atoms with Gasteiger partial charge in [-0.15, -0.1) is 0 Å². The second-order valence-corrected chi connectivity index (χ2v) is 8.28. The van der Waals surface area contributed by atoms with Crippen LogP contribution < -0.4 is 9.80 Å². The molecule has 33 heavy (non-hydrogen) atoms. The Labute approximate surface area is 186 Å². The van der Waals surface area contributed by atoms with Crippen molar-refractivity contribution in [3.63, 3.8) is 0 Å². The van der Waals surface area contributed by atoms with Crippen LogP contribution in [0.5, 0.6) is 0 Å². The zero-order valence-electron chi connectivity index (χ0n) is 17.7. The summed E-state index contributed by atoms with van der Waals surface area (Å²) in [6.45, 7) is -0.0766. The maximum Gasteiger partial charge on any atom is 0.411 e. The van der Waals surface area contributed by atoms with Gasteiger partial charge in [0, 0.05) is 31.4 Å². The Hall–Kier alpha value is -3.41. The van der Waals surface area contributed by atoms with Crippen LogP contribution in [-0.4, -0.2) is 69.5 Å². The number of alkyl halides is 3. The zero-order valence-corrected chi connectivity index (χ0v) is 17.7. The molecule has 12 heteroatoms. The van der Waals surface area contributed by atoms with Crippen molar-refractivity contribution in [2.75, 3.05) is 29.9 Å². The highest BCUT2D eigenvalue weighted by Gasteiger charge is 2.36. The molecule has 174 valence electrons. The number of carboxylic acid groups (broad SMARTS) is 1. The highest BCUT2D eigenvalue weighted by atomic mass is 19.4. The van der Waals surface area contributed by atoms with Gasteiger partial charge < -0.3 is 14.7 Å². The zero-order chi connectivity index (χ0) is 23.3. The lowest BCUT2D eigenvalue weighted by molar-refractivity contribution is -0.141. The summed E-state index contributed by atoms with van der Waals surface area (Å²) in [6.07, 6.45) is -2.18. The number of morpholine rings is 1. The minimum absolute atomic E-state index is 0.0632. The Kier molecular flexibility index (Phi) is 5.11. The molecule has 9 nitrogen and oxygen atoms in total. The molecule has 2 bridgehead atoms. The predicted molar refractivity (Wildman–Crippen MR) is 113 cm³/mol. The molecule has 0 aliphatic carbocycles. The van der Waals surface area contributed by atoms with E-state index in [1.54, 1.807) is 24.3 Å². The van der Waals surface area contributed by atoms with Gasteiger partial charge in [-0.1, -0.05) is 0 Å². The molecule has 1 N–H and O–H groups in total. The standard InChI is InChI=1S/C21H21F3N6O3/c1-28(20(31)32)13-4-2-12(3-5-13)17-26-18(29-9-14-6-7-15(10-29)33-14)16-8-25-30(19(16)27-17)11-21(22,23)24/h2-5,8,14-15H,6-7,9-11H2,1H3,(H,31,32). The Morgan fingerprint density at radius 3 is 2.45 bits per heavy atom. The van der Waals surface area contributed by atoms with Gasteiger partial charge in [-0.3, -0.25) is 4.90 Å². The van der Waals surface area contributed by atoms with Crippen LogP contribution in [0.4, 0.5) is 29.5 Å². The molecule has 1 amide bonds. The molecule has 3 aromatic rings. The van der Waals surface area contributed by atoms with E-state index in [2.05, 4.69) is 10.1 Å². The number of ether oxygens (including phenoxy) is 1. The maximum atomic E-state index is 13.1. The van der Waals surface area contributed by atoms with Crippen LogP contribution in [0.25, 0.3) is 22.4 Å². The minimum Gasteiger partial charge on any atom is -0.465 e. The number of aromatic nitrogens is 4. The Bertz CT molecular complexity index is 1180. The number of hydrogen-bond acceptors (Lipinski definition) is 6. The topological polar surface area (TPSA) is 96.6 Å². The SMILES string of the molecule is CN(C(=O)O)c1ccc(-c2nc(N3CC4CCC(C3)O4)c3cnn(CC(F)(F)F)c3n2)cc1. The van der Waals surface area contributed by atoms with E-state index in [0.29, 0.717) is 35.5 Å². The molecule has 2 unspecified atom stereocenters. The van der Waals surface area contributed by atoms with Crippen molar-refractivity contribution in [2.24, 2.45) is 0 Å². The molecule has 4 heterocycles. The first kappa shape index (κ1) is 21.4. The molecule has 2 aromatic heterocycles. The summed E-state index contributed by atoms with van der Waals surface area (Å²) in [5, 5.41) is 13.5. The van der Waals surface area contributed by atoms with E-state index in [0.717, 1.165) is 22.4 Å². The van der Waals surface area contributed by atoms with E-state index in [4.69, 9.17) is 14.8 Å². The van der Waals surface area contributed by atoms with E-state index >= 15 is 0 Å². The first-order valence-corrected chi connectivity index (χ1v) is 10.5. The summed E-state index contributed by atoms with van der Waals surface area (Å²) in [5.74, 6) is 0.764. The normalized spacial score (nSPS) is 20.4. The number of carbonyl (C=O) groups is 1. The number of nitrogens with zero attached hydrogens (tertiary/aromatic N) is 6. The van der Waals surface area contributed by atoms with Crippen LogP contribution in [0.3, 0.4) is 0 Å². The second-order valence-electron chi connectivity index (χ2n) is 8.28. The molecule has 2 fully saturated rings. The number of rotatable bonds is 4. The molecule has 2 aliphatic heterocycles. The average molecular weight is 462 g/mol. The van der Waals surface area contributed by atoms with Gasteiger partial charge in [0.15, 0.2) is 11.5 Å². The quantitative estimate of drug-likeness (QED) is 0.634. The van der Waals surface area contributed by atoms with E-state index < -0.39 is 18.8 Å². The minimum atomic E-state index is -4.45. The molecule has 0 radical (unpaired) electrons. The van der Waals surface area contributed by atoms with E-state index in [9.17, 15) is 18.0 Å². The van der Waals surface area contributed by atoms with Gasteiger partial charge in [-0.2, -0.15) is 18.3 Å². The predicted octanol–water partition coefficient (Wildman–Crippen LogP) is 3.54. The number of fused-ring (bicyclic) bond motifs is 3. The molecule has 2 aliphatic rings. The first-order valence-electron chi connectivity index (χ1n) is 10.5. The smallest absolute Gasteiger partial charge is 0.411 e. The molecule has 0 saturated carbocycles. The summed E-state index contributed by atoms with van der Waals surface area (Å²) in [7, 11) is 1.42. The number of anilines is 2. The van der Waals surface area contributed by atoms with Crippen molar-refractivity contribution >= 4 is 28.6 Å². The van der Waals surface area contributed by atoms with Gasteiger partial charge in [-0.05, 0) is 37.1 Å². The van der Waals surface area contributed by atoms with Crippen LogP contribution in [0, 0.1) is 0 Å². The fourth-order valence-corrected chi connectivity index (χ4v) is 4.33. The third-order valence-corrected chi connectivity index (χ3v) is 5.95. The fourth-order valence-electron chi connectivity index (χ4n) is 4.33. The van der Waals surface area contributed by atoms with Crippen LogP contribution >= 0.6 is 0 Å². The summed E-state index contributed by atoms with van der Waals surface area (Å²) in [6, 6.07) is 6.48. The van der Waals surface area contributed by atoms with Crippen molar-refractivity contribution in [2.45, 2.75) is 37.8 Å². The third-order valence-electron chi connectivity index (χ3n) is 5.95. The summed E-state index contributed by atoms with van der Waals surface area (Å²) in [4.78, 5) is 23.4. The van der Waals surface area contributed by atoms with Gasteiger partial charge in [0.25, 0.3) is 0 Å². The molecule has 2 saturated heterocycles. The average Bonchev–Trinajstić information content (AvgIpc) is 3.33. The molecule has 0 spiro atoms. The summed E-state index contributed by atoms with van der Waals surface area (Å²) in [5.41, 5.74) is 1.09. The maximum absolute atomic E-state index is 13.1. The van der Waals surface area contributed by atoms with Crippen LogP contribution in [0.2, 0.25) is 0 Å². The van der Waals surface area contributed by atoms with E-state index in [1.807, 2.05) is 4.90 Å². The van der Waals surface area contributed by atoms with Gasteiger partial charge >= 0.3 is 12.3 Å². The van der Waals surface area contributed by atoms with Crippen molar-refractivity contribution < 1.29 is 27.8 Å². The number of benzene rings is 1. The van der Waals surface area contributed by atoms with E-state index in [-0.39, 0.29) is 23.7 Å². The Morgan fingerprint density at radius 2 is 1.85 bits per heavy atom. The fraction of sp³-hybridized carbons (Fsp3) is 0.429. The van der Waals surface area contributed by atoms with Crippen molar-refractivity contribution in [1.82, 2.24) is 19.7 Å². The van der Waals surface area contributed by atoms with Crippen molar-refractivity contribution in [3.8, 4) is 11.4 Å². The molecule has 1 aromatic carbocycles. The molecular weight excluding hydrogens is 441 g/mol. The lowest BCUT2D eigenvalue weighted by Gasteiger charge is -2.33. The van der Waals surface area contributed by atoms with Gasteiger partial charge in [-0.25, -0.2) is 19.4 Å². The lowest BCUT2D eigenvalue weighted by atomic mass is 10.1. The largest absolute Gasteiger partial charge is 0.465 e. The highest BCUT2D eigenvalue weighted by molar-refractivity contribution is 5.89. The van der Waals surface area contributed by atoms with Crippen LogP contribution in [0.15, 0.2) is 30.5 Å².